The number of hydrogen-bond donors (Lipinski definition) is 1. The van der Waals surface area contributed by atoms with Crippen LogP contribution in [0.5, 0.6) is 0 Å². The number of hydrogen-bond acceptors (Lipinski definition) is 3. The zero-order chi connectivity index (χ0) is 15.5. The van der Waals surface area contributed by atoms with E-state index in [9.17, 15) is 4.39 Å². The van der Waals surface area contributed by atoms with Crippen LogP contribution >= 0.6 is 0 Å². The van der Waals surface area contributed by atoms with Crippen LogP contribution in [0.1, 0.15) is 26.3 Å². The Morgan fingerprint density at radius 2 is 1.71 bits per heavy atom. The topological polar surface area (TPSA) is 32.5 Å². The summed E-state index contributed by atoms with van der Waals surface area (Å²) in [5.41, 5.74) is 7.17. The molecule has 1 aromatic rings. The molecule has 2 N–H and O–H groups in total. The number of halogens is 1. The zero-order valence-corrected chi connectivity index (χ0v) is 13.5. The first-order valence-electron chi connectivity index (χ1n) is 7.88. The van der Waals surface area contributed by atoms with Gasteiger partial charge in [-0.05, 0) is 44.9 Å². The van der Waals surface area contributed by atoms with Crippen LogP contribution in [0.15, 0.2) is 24.3 Å². The van der Waals surface area contributed by atoms with Gasteiger partial charge in [0, 0.05) is 44.3 Å². The van der Waals surface area contributed by atoms with Gasteiger partial charge in [0.2, 0.25) is 0 Å². The van der Waals surface area contributed by atoms with Crippen molar-refractivity contribution < 1.29 is 4.39 Å². The average Bonchev–Trinajstić information content (AvgIpc) is 2.49. The third-order valence-electron chi connectivity index (χ3n) is 4.75. The first kappa shape index (κ1) is 16.4. The molecule has 21 heavy (non-hydrogen) atoms. The lowest BCUT2D eigenvalue weighted by Gasteiger charge is -2.46. The number of nitrogens with two attached hydrogens (primary N) is 1. The summed E-state index contributed by atoms with van der Waals surface area (Å²) in [4.78, 5) is 5.00. The van der Waals surface area contributed by atoms with Crippen molar-refractivity contribution in [3.05, 3.63) is 35.6 Å². The minimum Gasteiger partial charge on any atom is -0.329 e. The predicted molar refractivity (Wildman–Crippen MR) is 85.8 cm³/mol. The zero-order valence-electron chi connectivity index (χ0n) is 13.5. The molecule has 1 heterocycles. The van der Waals surface area contributed by atoms with E-state index in [1.807, 2.05) is 12.1 Å². The van der Waals surface area contributed by atoms with E-state index < -0.39 is 0 Å². The summed E-state index contributed by atoms with van der Waals surface area (Å²) in [5, 5.41) is 0. The Hall–Kier alpha value is -0.970. The summed E-state index contributed by atoms with van der Waals surface area (Å²) in [6, 6.07) is 7.40. The van der Waals surface area contributed by atoms with Crippen molar-refractivity contribution in [2.45, 2.75) is 38.8 Å². The smallest absolute Gasteiger partial charge is 0.123 e. The molecule has 3 nitrogen and oxygen atoms in total. The molecule has 0 aromatic heterocycles. The van der Waals surface area contributed by atoms with Gasteiger partial charge in [-0.2, -0.15) is 0 Å². The third kappa shape index (κ3) is 4.02. The van der Waals surface area contributed by atoms with Crippen LogP contribution in [-0.2, 0) is 6.42 Å². The van der Waals surface area contributed by atoms with Gasteiger partial charge >= 0.3 is 0 Å². The highest BCUT2D eigenvalue weighted by Crippen LogP contribution is 2.22. The fourth-order valence-corrected chi connectivity index (χ4v) is 3.13. The Kier molecular flexibility index (Phi) is 5.36. The van der Waals surface area contributed by atoms with E-state index in [2.05, 4.69) is 30.6 Å². The van der Waals surface area contributed by atoms with Gasteiger partial charge in [0.05, 0.1) is 0 Å². The highest BCUT2D eigenvalue weighted by Gasteiger charge is 2.33. The Labute approximate surface area is 127 Å². The van der Waals surface area contributed by atoms with Crippen LogP contribution < -0.4 is 5.73 Å². The molecule has 0 saturated carbocycles. The molecule has 1 unspecified atom stereocenters. The molecule has 2 rings (SSSR count). The molecule has 1 aliphatic rings. The molecule has 1 atom stereocenters. The van der Waals surface area contributed by atoms with Crippen LogP contribution in [0, 0.1) is 5.82 Å². The monoisotopic (exact) mass is 293 g/mol. The summed E-state index contributed by atoms with van der Waals surface area (Å²) in [5.74, 6) is -0.182. The van der Waals surface area contributed by atoms with Crippen molar-refractivity contribution in [3.63, 3.8) is 0 Å². The van der Waals surface area contributed by atoms with Crippen molar-refractivity contribution >= 4 is 0 Å². The van der Waals surface area contributed by atoms with Crippen LogP contribution in [0.25, 0.3) is 0 Å². The highest BCUT2D eigenvalue weighted by molar-refractivity contribution is 5.19. The van der Waals surface area contributed by atoms with Crippen LogP contribution in [0.3, 0.4) is 0 Å². The van der Waals surface area contributed by atoms with Crippen molar-refractivity contribution in [1.82, 2.24) is 9.80 Å². The van der Waals surface area contributed by atoms with Gasteiger partial charge in [-0.15, -0.1) is 0 Å². The quantitative estimate of drug-likeness (QED) is 0.902. The van der Waals surface area contributed by atoms with E-state index in [0.717, 1.165) is 38.2 Å². The Bertz CT molecular complexity index is 438. The molecule has 1 saturated heterocycles. The lowest BCUT2D eigenvalue weighted by molar-refractivity contribution is 0.0352. The van der Waals surface area contributed by atoms with Gasteiger partial charge in [0.25, 0.3) is 0 Å². The minimum absolute atomic E-state index is 0.0547. The molecule has 0 amide bonds. The van der Waals surface area contributed by atoms with E-state index in [-0.39, 0.29) is 11.4 Å². The van der Waals surface area contributed by atoms with Gasteiger partial charge in [-0.3, -0.25) is 9.80 Å². The lowest BCUT2D eigenvalue weighted by Crippen LogP contribution is -2.60. The van der Waals surface area contributed by atoms with Gasteiger partial charge < -0.3 is 5.73 Å². The normalized spacial score (nSPS) is 20.7. The molecule has 0 spiro atoms. The summed E-state index contributed by atoms with van der Waals surface area (Å²) in [6.07, 6.45) is 0.867. The van der Waals surface area contributed by atoms with Crippen LogP contribution in [0.4, 0.5) is 4.39 Å². The third-order valence-corrected chi connectivity index (χ3v) is 4.75. The molecular formula is C17H28FN3. The van der Waals surface area contributed by atoms with Crippen molar-refractivity contribution in [1.29, 1.82) is 0 Å². The Morgan fingerprint density at radius 3 is 2.19 bits per heavy atom. The molecule has 0 radical (unpaired) electrons. The molecule has 4 heteroatoms. The number of nitrogens with zero attached hydrogens (tertiary/aromatic N) is 2. The van der Waals surface area contributed by atoms with E-state index in [4.69, 9.17) is 5.73 Å². The Morgan fingerprint density at radius 1 is 1.14 bits per heavy atom. The summed E-state index contributed by atoms with van der Waals surface area (Å²) in [7, 11) is 0. The standard InChI is InChI=1S/C17H28FN3/c1-14(2)20-8-10-21(11-9-20)17(3,13-19)12-15-4-6-16(18)7-5-15/h4-7,14H,8-13,19H2,1-3H3. The maximum atomic E-state index is 13.0. The second-order valence-corrected chi connectivity index (χ2v) is 6.62. The van der Waals surface area contributed by atoms with Crippen molar-refractivity contribution in [3.8, 4) is 0 Å². The summed E-state index contributed by atoms with van der Waals surface area (Å²) >= 11 is 0. The van der Waals surface area contributed by atoms with E-state index in [1.165, 1.54) is 12.1 Å². The van der Waals surface area contributed by atoms with Gasteiger partial charge in [-0.1, -0.05) is 12.1 Å². The number of benzene rings is 1. The fraction of sp³-hybridized carbons (Fsp3) is 0.647. The summed E-state index contributed by atoms with van der Waals surface area (Å²) in [6.45, 7) is 11.6. The Balaban J connectivity index is 2.02. The molecular weight excluding hydrogens is 265 g/mol. The molecule has 118 valence electrons. The van der Waals surface area contributed by atoms with Crippen LogP contribution in [-0.4, -0.2) is 54.1 Å². The molecule has 1 aliphatic heterocycles. The predicted octanol–water partition coefficient (Wildman–Crippen LogP) is 2.11. The van der Waals surface area contributed by atoms with E-state index in [1.54, 1.807) is 0 Å². The second-order valence-electron chi connectivity index (χ2n) is 6.62. The second kappa shape index (κ2) is 6.86. The molecule has 0 bridgehead atoms. The molecule has 1 fully saturated rings. The van der Waals surface area contributed by atoms with Gasteiger partial charge in [-0.25, -0.2) is 4.39 Å². The van der Waals surface area contributed by atoms with Crippen molar-refractivity contribution in [2.24, 2.45) is 5.73 Å². The SMILES string of the molecule is CC(C)N1CCN(C(C)(CN)Cc2ccc(F)cc2)CC1. The number of piperazine rings is 1. The first-order chi connectivity index (χ1) is 9.94. The van der Waals surface area contributed by atoms with E-state index >= 15 is 0 Å². The largest absolute Gasteiger partial charge is 0.329 e. The van der Waals surface area contributed by atoms with E-state index in [0.29, 0.717) is 12.6 Å². The molecule has 1 aromatic carbocycles. The summed E-state index contributed by atoms with van der Waals surface area (Å²) < 4.78 is 13.0. The van der Waals surface area contributed by atoms with Crippen LogP contribution in [0.2, 0.25) is 0 Å². The average molecular weight is 293 g/mol. The first-order valence-corrected chi connectivity index (χ1v) is 7.88. The fourth-order valence-electron chi connectivity index (χ4n) is 3.13. The molecule has 0 aliphatic carbocycles. The highest BCUT2D eigenvalue weighted by atomic mass is 19.1. The number of rotatable bonds is 5. The minimum atomic E-state index is -0.182. The van der Waals surface area contributed by atoms with Crippen molar-refractivity contribution in [2.75, 3.05) is 32.7 Å². The van der Waals surface area contributed by atoms with Gasteiger partial charge in [0.1, 0.15) is 5.82 Å². The van der Waals surface area contributed by atoms with Gasteiger partial charge in [0.15, 0.2) is 0 Å². The lowest BCUT2D eigenvalue weighted by atomic mass is 9.90. The maximum absolute atomic E-state index is 13.0. The maximum Gasteiger partial charge on any atom is 0.123 e.